The molecule has 1 aliphatic carbocycles. The van der Waals surface area contributed by atoms with Gasteiger partial charge in [0.25, 0.3) is 0 Å². The van der Waals surface area contributed by atoms with Crippen LogP contribution in [0.5, 0.6) is 0 Å². The van der Waals surface area contributed by atoms with Crippen LogP contribution in [0, 0.1) is 17.6 Å². The molecule has 1 fully saturated rings. The normalized spacial score (nSPS) is 20.8. The minimum absolute atomic E-state index is 0.0903. The SMILES string of the molecule is O=C(O)c1c(F)n([C@@H]2C[C@@H]2F)c2ccc(F)c(F)c2c1=O. The Morgan fingerprint density at radius 2 is 1.90 bits per heavy atom. The van der Waals surface area contributed by atoms with Gasteiger partial charge in [0, 0.05) is 6.42 Å². The van der Waals surface area contributed by atoms with Crippen LogP contribution < -0.4 is 5.43 Å². The molecule has 21 heavy (non-hydrogen) atoms. The lowest BCUT2D eigenvalue weighted by Crippen LogP contribution is -2.24. The number of rotatable bonds is 2. The van der Waals surface area contributed by atoms with E-state index in [1.165, 1.54) is 0 Å². The van der Waals surface area contributed by atoms with Gasteiger partial charge in [-0.3, -0.25) is 4.79 Å². The van der Waals surface area contributed by atoms with Crippen molar-refractivity contribution in [2.45, 2.75) is 18.6 Å². The minimum Gasteiger partial charge on any atom is -0.477 e. The second-order valence-electron chi connectivity index (χ2n) is 4.74. The second kappa shape index (κ2) is 4.31. The van der Waals surface area contributed by atoms with Crippen molar-refractivity contribution in [1.82, 2.24) is 4.57 Å². The quantitative estimate of drug-likeness (QED) is 0.684. The number of pyridine rings is 1. The van der Waals surface area contributed by atoms with Gasteiger partial charge in [0.2, 0.25) is 11.4 Å². The standard InChI is InChI=1S/C13H7F4NO3/c14-4-1-2-6-8(10(4)16)11(19)9(13(20)21)12(17)18(6)7-3-5(7)15/h1-2,5,7H,3H2,(H,20,21)/t5-,7+/m0/s1. The van der Waals surface area contributed by atoms with Crippen LogP contribution >= 0.6 is 0 Å². The Morgan fingerprint density at radius 3 is 2.43 bits per heavy atom. The number of carboxylic acids is 1. The maximum atomic E-state index is 14.2. The fraction of sp³-hybridized carbons (Fsp3) is 0.231. The van der Waals surface area contributed by atoms with E-state index in [1.807, 2.05) is 0 Å². The highest BCUT2D eigenvalue weighted by atomic mass is 19.2. The largest absolute Gasteiger partial charge is 0.477 e. The van der Waals surface area contributed by atoms with E-state index in [4.69, 9.17) is 5.11 Å². The molecule has 0 aliphatic heterocycles. The molecule has 1 aromatic heterocycles. The van der Waals surface area contributed by atoms with E-state index < -0.39 is 52.1 Å². The van der Waals surface area contributed by atoms with Crippen LogP contribution in [0.1, 0.15) is 22.8 Å². The third kappa shape index (κ3) is 1.82. The van der Waals surface area contributed by atoms with E-state index in [1.54, 1.807) is 0 Å². The smallest absolute Gasteiger partial charge is 0.344 e. The predicted molar refractivity (Wildman–Crippen MR) is 63.6 cm³/mol. The molecule has 8 heteroatoms. The number of fused-ring (bicyclic) bond motifs is 1. The van der Waals surface area contributed by atoms with Crippen LogP contribution in [0.2, 0.25) is 0 Å². The van der Waals surface area contributed by atoms with Crippen molar-refractivity contribution in [2.24, 2.45) is 0 Å². The maximum absolute atomic E-state index is 14.2. The van der Waals surface area contributed by atoms with Gasteiger partial charge < -0.3 is 9.67 Å². The predicted octanol–water partition coefficient (Wildman–Crippen LogP) is 2.40. The van der Waals surface area contributed by atoms with E-state index in [0.29, 0.717) is 10.6 Å². The Labute approximate surface area is 114 Å². The fourth-order valence-corrected chi connectivity index (χ4v) is 2.33. The third-order valence-electron chi connectivity index (χ3n) is 3.43. The van der Waals surface area contributed by atoms with Crippen LogP contribution in [0.15, 0.2) is 16.9 Å². The summed E-state index contributed by atoms with van der Waals surface area (Å²) >= 11 is 0. The maximum Gasteiger partial charge on any atom is 0.344 e. The molecular weight excluding hydrogens is 294 g/mol. The summed E-state index contributed by atoms with van der Waals surface area (Å²) in [5, 5.41) is 8.00. The van der Waals surface area contributed by atoms with Gasteiger partial charge in [0.15, 0.2) is 17.2 Å². The first-order chi connectivity index (χ1) is 9.84. The molecule has 1 aromatic carbocycles. The lowest BCUT2D eigenvalue weighted by Gasteiger charge is -2.13. The zero-order valence-electron chi connectivity index (χ0n) is 10.2. The molecule has 0 radical (unpaired) electrons. The summed E-state index contributed by atoms with van der Waals surface area (Å²) in [5.74, 6) is -6.34. The monoisotopic (exact) mass is 301 g/mol. The van der Waals surface area contributed by atoms with E-state index in [9.17, 15) is 27.2 Å². The average Bonchev–Trinajstić information content (AvgIpc) is 3.10. The molecule has 4 nitrogen and oxygen atoms in total. The molecule has 1 N–H and O–H groups in total. The Bertz CT molecular complexity index is 846. The number of hydrogen-bond acceptors (Lipinski definition) is 2. The number of halogens is 4. The zero-order valence-corrected chi connectivity index (χ0v) is 10.2. The number of carboxylic acid groups (broad SMARTS) is 1. The van der Waals surface area contributed by atoms with E-state index >= 15 is 0 Å². The van der Waals surface area contributed by atoms with Gasteiger partial charge in [0.1, 0.15) is 6.17 Å². The molecule has 0 saturated heterocycles. The van der Waals surface area contributed by atoms with Gasteiger partial charge in [0.05, 0.1) is 16.9 Å². The van der Waals surface area contributed by atoms with Crippen molar-refractivity contribution >= 4 is 16.9 Å². The summed E-state index contributed by atoms with van der Waals surface area (Å²) in [6.45, 7) is 0. The van der Waals surface area contributed by atoms with Gasteiger partial charge in [-0.05, 0) is 12.1 Å². The molecule has 1 aliphatic rings. The first-order valence-corrected chi connectivity index (χ1v) is 5.93. The summed E-state index contributed by atoms with van der Waals surface area (Å²) in [5.41, 5.74) is -3.17. The number of aromatic carboxylic acids is 1. The molecule has 1 heterocycles. The topological polar surface area (TPSA) is 59.3 Å². The molecule has 110 valence electrons. The number of hydrogen-bond donors (Lipinski definition) is 1. The Balaban J connectivity index is 2.53. The average molecular weight is 301 g/mol. The van der Waals surface area contributed by atoms with E-state index in [2.05, 4.69) is 0 Å². The third-order valence-corrected chi connectivity index (χ3v) is 3.43. The van der Waals surface area contributed by atoms with Crippen molar-refractivity contribution in [3.05, 3.63) is 45.5 Å². The van der Waals surface area contributed by atoms with Gasteiger partial charge in [-0.1, -0.05) is 0 Å². The number of alkyl halides is 1. The highest BCUT2D eigenvalue weighted by molar-refractivity contribution is 5.93. The molecule has 3 rings (SSSR count). The molecular formula is C13H7F4NO3. The molecule has 2 atom stereocenters. The van der Waals surface area contributed by atoms with Crippen molar-refractivity contribution in [2.75, 3.05) is 0 Å². The summed E-state index contributed by atoms with van der Waals surface area (Å²) in [4.78, 5) is 22.9. The van der Waals surface area contributed by atoms with Crippen LogP contribution in [0.3, 0.4) is 0 Å². The van der Waals surface area contributed by atoms with Crippen molar-refractivity contribution in [1.29, 1.82) is 0 Å². The Hall–Kier alpha value is -2.38. The van der Waals surface area contributed by atoms with Crippen molar-refractivity contribution in [3.8, 4) is 0 Å². The summed E-state index contributed by atoms with van der Waals surface area (Å²) in [7, 11) is 0. The molecule has 0 unspecified atom stereocenters. The van der Waals surface area contributed by atoms with Gasteiger partial charge in [-0.25, -0.2) is 18.0 Å². The van der Waals surface area contributed by atoms with Gasteiger partial charge in [-0.15, -0.1) is 0 Å². The van der Waals surface area contributed by atoms with Crippen LogP contribution in [0.4, 0.5) is 17.6 Å². The number of carbonyl (C=O) groups is 1. The van der Waals surface area contributed by atoms with E-state index in [0.717, 1.165) is 6.07 Å². The van der Waals surface area contributed by atoms with E-state index in [-0.39, 0.29) is 11.9 Å². The molecule has 0 amide bonds. The number of nitrogens with zero attached hydrogens (tertiary/aromatic N) is 1. The highest BCUT2D eigenvalue weighted by Crippen LogP contribution is 2.41. The fourth-order valence-electron chi connectivity index (χ4n) is 2.33. The van der Waals surface area contributed by atoms with Gasteiger partial charge in [-0.2, -0.15) is 4.39 Å². The molecule has 2 aromatic rings. The minimum atomic E-state index is -1.92. The lowest BCUT2D eigenvalue weighted by molar-refractivity contribution is 0.0688. The first-order valence-electron chi connectivity index (χ1n) is 5.93. The van der Waals surface area contributed by atoms with Crippen LogP contribution in [-0.4, -0.2) is 21.8 Å². The second-order valence-corrected chi connectivity index (χ2v) is 4.74. The number of benzene rings is 1. The zero-order chi connectivity index (χ0) is 15.5. The molecule has 1 saturated carbocycles. The van der Waals surface area contributed by atoms with Crippen LogP contribution in [-0.2, 0) is 0 Å². The Morgan fingerprint density at radius 1 is 1.29 bits per heavy atom. The Kier molecular flexibility index (Phi) is 2.79. The van der Waals surface area contributed by atoms with Gasteiger partial charge >= 0.3 is 5.97 Å². The molecule has 0 spiro atoms. The summed E-state index contributed by atoms with van der Waals surface area (Å²) < 4.78 is 55.1. The summed E-state index contributed by atoms with van der Waals surface area (Å²) in [6.07, 6.45) is -1.52. The first kappa shape index (κ1) is 13.6. The van der Waals surface area contributed by atoms with Crippen LogP contribution in [0.25, 0.3) is 10.9 Å². The highest BCUT2D eigenvalue weighted by Gasteiger charge is 2.42. The lowest BCUT2D eigenvalue weighted by atomic mass is 10.1. The number of aromatic nitrogens is 1. The van der Waals surface area contributed by atoms with Crippen molar-refractivity contribution < 1.29 is 27.5 Å². The van der Waals surface area contributed by atoms with Crippen molar-refractivity contribution in [3.63, 3.8) is 0 Å². The summed E-state index contributed by atoms with van der Waals surface area (Å²) in [6, 6.07) is 0.564. The molecule has 0 bridgehead atoms.